The minimum atomic E-state index is 0. The van der Waals surface area contributed by atoms with E-state index < -0.39 is 0 Å². The molecule has 4 fully saturated rings. The molecule has 4 bridgehead atoms. The fourth-order valence-electron chi connectivity index (χ4n) is 5.31. The molecule has 0 spiro atoms. The Labute approximate surface area is 137 Å². The van der Waals surface area contributed by atoms with Gasteiger partial charge in [-0.15, -0.1) is 12.4 Å². The summed E-state index contributed by atoms with van der Waals surface area (Å²) < 4.78 is 0. The predicted molar refractivity (Wildman–Crippen MR) is 87.7 cm³/mol. The van der Waals surface area contributed by atoms with Gasteiger partial charge in [-0.3, -0.25) is 9.78 Å². The molecule has 3 N–H and O–H groups in total. The molecule has 0 radical (unpaired) electrons. The lowest BCUT2D eigenvalue weighted by Crippen LogP contribution is -2.59. The van der Waals surface area contributed by atoms with Gasteiger partial charge in [-0.05, 0) is 68.4 Å². The number of pyridine rings is 1. The molecule has 4 aliphatic rings. The lowest BCUT2D eigenvalue weighted by molar-refractivity contribution is -0.0167. The number of nitrogens with two attached hydrogens (primary N) is 1. The van der Waals surface area contributed by atoms with E-state index in [4.69, 9.17) is 5.73 Å². The van der Waals surface area contributed by atoms with Gasteiger partial charge in [-0.1, -0.05) is 0 Å². The highest BCUT2D eigenvalue weighted by Gasteiger charge is 2.51. The van der Waals surface area contributed by atoms with Crippen LogP contribution in [0.5, 0.6) is 0 Å². The normalized spacial score (nSPS) is 35.0. The van der Waals surface area contributed by atoms with Crippen LogP contribution in [0.15, 0.2) is 18.3 Å². The van der Waals surface area contributed by atoms with E-state index in [1.165, 1.54) is 38.5 Å². The molecule has 0 atom stereocenters. The minimum Gasteiger partial charge on any atom is -0.347 e. The number of carbonyl (C=O) groups excluding carboxylic acids is 1. The Bertz CT molecular complexity index is 539. The van der Waals surface area contributed by atoms with Crippen LogP contribution in [0.2, 0.25) is 0 Å². The Morgan fingerprint density at radius 1 is 1.23 bits per heavy atom. The van der Waals surface area contributed by atoms with Crippen LogP contribution >= 0.6 is 12.4 Å². The zero-order chi connectivity index (χ0) is 14.4. The lowest BCUT2D eigenvalue weighted by Gasteiger charge is -2.56. The van der Waals surface area contributed by atoms with Crippen molar-refractivity contribution in [3.05, 3.63) is 29.6 Å². The number of amides is 1. The fraction of sp³-hybridized carbons (Fsp3) is 0.647. The highest BCUT2D eigenvalue weighted by atomic mass is 35.5. The number of nitrogens with zero attached hydrogens (tertiary/aromatic N) is 1. The summed E-state index contributed by atoms with van der Waals surface area (Å²) in [7, 11) is 0. The molecule has 22 heavy (non-hydrogen) atoms. The number of nitrogens with one attached hydrogen (secondary N) is 1. The van der Waals surface area contributed by atoms with E-state index in [0.717, 1.165) is 23.4 Å². The minimum absolute atomic E-state index is 0. The molecule has 4 aliphatic carbocycles. The molecule has 0 saturated heterocycles. The van der Waals surface area contributed by atoms with E-state index >= 15 is 0 Å². The second kappa shape index (κ2) is 5.82. The topological polar surface area (TPSA) is 68.0 Å². The van der Waals surface area contributed by atoms with Gasteiger partial charge in [0, 0.05) is 23.8 Å². The molecular weight excluding hydrogens is 298 g/mol. The van der Waals surface area contributed by atoms with Gasteiger partial charge in [0.1, 0.15) is 0 Å². The molecule has 4 nitrogen and oxygen atoms in total. The summed E-state index contributed by atoms with van der Waals surface area (Å²) in [5.41, 5.74) is 7.15. The molecule has 4 saturated carbocycles. The Kier molecular flexibility index (Phi) is 4.17. The number of hydrogen-bond donors (Lipinski definition) is 2. The summed E-state index contributed by atoms with van der Waals surface area (Å²) in [6.07, 6.45) is 9.39. The Hall–Kier alpha value is -1.13. The van der Waals surface area contributed by atoms with Gasteiger partial charge in [-0.25, -0.2) is 0 Å². The third kappa shape index (κ3) is 2.74. The van der Waals surface area contributed by atoms with Crippen molar-refractivity contribution in [3.8, 4) is 0 Å². The largest absolute Gasteiger partial charge is 0.347 e. The van der Waals surface area contributed by atoms with Gasteiger partial charge in [0.05, 0.1) is 5.69 Å². The monoisotopic (exact) mass is 321 g/mol. The summed E-state index contributed by atoms with van der Waals surface area (Å²) in [6, 6.07) is 3.60. The first-order chi connectivity index (χ1) is 10.2. The molecule has 1 heterocycles. The predicted octanol–water partition coefficient (Wildman–Crippen LogP) is 2.66. The number of halogens is 1. The molecule has 1 aromatic rings. The zero-order valence-electron chi connectivity index (χ0n) is 12.8. The highest BCUT2D eigenvalue weighted by Crippen LogP contribution is 2.55. The molecule has 120 valence electrons. The number of hydrogen-bond acceptors (Lipinski definition) is 3. The number of rotatable bonds is 3. The second-order valence-electron chi connectivity index (χ2n) is 7.39. The van der Waals surface area contributed by atoms with Crippen molar-refractivity contribution in [2.45, 2.75) is 50.6 Å². The molecule has 5 rings (SSSR count). The molecule has 1 aromatic heterocycles. The molecular formula is C17H24ClN3O. The highest BCUT2D eigenvalue weighted by molar-refractivity contribution is 5.94. The van der Waals surface area contributed by atoms with Crippen LogP contribution in [0.25, 0.3) is 0 Å². The van der Waals surface area contributed by atoms with Gasteiger partial charge in [-0.2, -0.15) is 0 Å². The molecule has 1 amide bonds. The van der Waals surface area contributed by atoms with Crippen molar-refractivity contribution in [1.29, 1.82) is 0 Å². The fourth-order valence-corrected chi connectivity index (χ4v) is 5.31. The van der Waals surface area contributed by atoms with Crippen molar-refractivity contribution in [3.63, 3.8) is 0 Å². The maximum Gasteiger partial charge on any atom is 0.251 e. The van der Waals surface area contributed by atoms with Crippen LogP contribution in [-0.2, 0) is 6.54 Å². The second-order valence-corrected chi connectivity index (χ2v) is 7.39. The standard InChI is InChI=1S/C17H23N3O.ClH/c18-10-15-6-14(1-2-19-15)16(21)20-17-7-11-3-12(8-17)5-13(4-11)9-17;/h1-2,6,11-13H,3-5,7-10,18H2,(H,20,21);1H. The van der Waals surface area contributed by atoms with E-state index in [2.05, 4.69) is 10.3 Å². The maximum absolute atomic E-state index is 12.6. The van der Waals surface area contributed by atoms with Crippen LogP contribution in [0.1, 0.15) is 54.6 Å². The van der Waals surface area contributed by atoms with Crippen molar-refractivity contribution < 1.29 is 4.79 Å². The zero-order valence-corrected chi connectivity index (χ0v) is 13.6. The first-order valence-corrected chi connectivity index (χ1v) is 8.13. The van der Waals surface area contributed by atoms with E-state index in [9.17, 15) is 4.79 Å². The average Bonchev–Trinajstić information content (AvgIpc) is 2.45. The third-order valence-electron chi connectivity index (χ3n) is 5.70. The molecule has 0 aromatic carbocycles. The SMILES string of the molecule is Cl.NCc1cc(C(=O)NC23CC4CC(CC(C4)C2)C3)ccn1. The van der Waals surface area contributed by atoms with E-state index in [1.54, 1.807) is 12.3 Å². The molecule has 0 unspecified atom stereocenters. The van der Waals surface area contributed by atoms with Crippen LogP contribution in [0, 0.1) is 17.8 Å². The smallest absolute Gasteiger partial charge is 0.251 e. The van der Waals surface area contributed by atoms with E-state index in [0.29, 0.717) is 12.1 Å². The van der Waals surface area contributed by atoms with Crippen LogP contribution in [-0.4, -0.2) is 16.4 Å². The summed E-state index contributed by atoms with van der Waals surface area (Å²) in [5.74, 6) is 2.57. The Morgan fingerprint density at radius 3 is 2.36 bits per heavy atom. The summed E-state index contributed by atoms with van der Waals surface area (Å²) in [4.78, 5) is 16.8. The summed E-state index contributed by atoms with van der Waals surface area (Å²) in [5, 5.41) is 3.38. The number of aromatic nitrogens is 1. The third-order valence-corrected chi connectivity index (χ3v) is 5.70. The summed E-state index contributed by atoms with van der Waals surface area (Å²) >= 11 is 0. The van der Waals surface area contributed by atoms with Gasteiger partial charge < -0.3 is 11.1 Å². The number of carbonyl (C=O) groups is 1. The van der Waals surface area contributed by atoms with Gasteiger partial charge in [0.2, 0.25) is 0 Å². The van der Waals surface area contributed by atoms with Crippen LogP contribution < -0.4 is 11.1 Å². The first kappa shape index (κ1) is 15.8. The van der Waals surface area contributed by atoms with E-state index in [1.807, 2.05) is 6.07 Å². The van der Waals surface area contributed by atoms with Crippen molar-refractivity contribution in [2.24, 2.45) is 23.5 Å². The Balaban J connectivity index is 0.00000144. The van der Waals surface area contributed by atoms with Crippen molar-refractivity contribution in [1.82, 2.24) is 10.3 Å². The lowest BCUT2D eigenvalue weighted by atomic mass is 9.53. The average molecular weight is 322 g/mol. The maximum atomic E-state index is 12.6. The van der Waals surface area contributed by atoms with Crippen LogP contribution in [0.3, 0.4) is 0 Å². The Morgan fingerprint density at radius 2 is 1.82 bits per heavy atom. The van der Waals surface area contributed by atoms with Gasteiger partial charge in [0.15, 0.2) is 0 Å². The van der Waals surface area contributed by atoms with Crippen molar-refractivity contribution >= 4 is 18.3 Å². The van der Waals surface area contributed by atoms with Gasteiger partial charge >= 0.3 is 0 Å². The van der Waals surface area contributed by atoms with E-state index in [-0.39, 0.29) is 23.9 Å². The van der Waals surface area contributed by atoms with Gasteiger partial charge in [0.25, 0.3) is 5.91 Å². The van der Waals surface area contributed by atoms with Crippen LogP contribution in [0.4, 0.5) is 0 Å². The first-order valence-electron chi connectivity index (χ1n) is 8.13. The molecule has 0 aliphatic heterocycles. The quantitative estimate of drug-likeness (QED) is 0.899. The van der Waals surface area contributed by atoms with Crippen molar-refractivity contribution in [2.75, 3.05) is 0 Å². The summed E-state index contributed by atoms with van der Waals surface area (Å²) in [6.45, 7) is 0.373. The molecule has 5 heteroatoms.